The molecule has 0 saturated heterocycles. The van der Waals surface area contributed by atoms with Crippen molar-refractivity contribution in [1.29, 1.82) is 0 Å². The monoisotopic (exact) mass is 259 g/mol. The lowest BCUT2D eigenvalue weighted by molar-refractivity contribution is 0.0695. The van der Waals surface area contributed by atoms with Crippen molar-refractivity contribution >= 4 is 5.97 Å². The summed E-state index contributed by atoms with van der Waals surface area (Å²) in [6.45, 7) is 1.74. The summed E-state index contributed by atoms with van der Waals surface area (Å²) >= 11 is 0. The number of aromatic carboxylic acids is 1. The molecule has 1 heterocycles. The zero-order valence-electron chi connectivity index (χ0n) is 10.6. The highest BCUT2D eigenvalue weighted by Crippen LogP contribution is 2.17. The van der Waals surface area contributed by atoms with E-state index in [0.29, 0.717) is 11.4 Å². The summed E-state index contributed by atoms with van der Waals surface area (Å²) < 4.78 is 6.77. The Hall–Kier alpha value is -2.56. The van der Waals surface area contributed by atoms with Gasteiger partial charge in [-0.05, 0) is 19.1 Å². The topological polar surface area (TPSA) is 68.5 Å². The van der Waals surface area contributed by atoms with Crippen LogP contribution in [0, 0.1) is 6.92 Å². The molecular formula is C14H13NO4. The molecule has 19 heavy (non-hydrogen) atoms. The Morgan fingerprint density at radius 3 is 2.68 bits per heavy atom. The first kappa shape index (κ1) is 12.9. The quantitative estimate of drug-likeness (QED) is 0.913. The summed E-state index contributed by atoms with van der Waals surface area (Å²) in [6.07, 6.45) is 1.33. The SMILES string of the molecule is COc1cccc(-n2cc(C(=O)O)c(=O)cc2C)c1. The summed E-state index contributed by atoms with van der Waals surface area (Å²) in [5.74, 6) is -0.575. The number of benzene rings is 1. The highest BCUT2D eigenvalue weighted by Gasteiger charge is 2.11. The van der Waals surface area contributed by atoms with Crippen LogP contribution in [0.2, 0.25) is 0 Å². The Kier molecular flexibility index (Phi) is 3.37. The summed E-state index contributed by atoms with van der Waals surface area (Å²) in [6, 6.07) is 8.48. The first-order valence-electron chi connectivity index (χ1n) is 5.64. The molecule has 0 unspecified atom stereocenters. The predicted molar refractivity (Wildman–Crippen MR) is 70.3 cm³/mol. The molecule has 0 aliphatic heterocycles. The van der Waals surface area contributed by atoms with Gasteiger partial charge in [-0.25, -0.2) is 4.79 Å². The van der Waals surface area contributed by atoms with Crippen molar-refractivity contribution < 1.29 is 14.6 Å². The third-order valence-corrected chi connectivity index (χ3v) is 2.81. The summed E-state index contributed by atoms with van der Waals surface area (Å²) in [5, 5.41) is 8.99. The second-order valence-electron chi connectivity index (χ2n) is 4.07. The van der Waals surface area contributed by atoms with E-state index in [9.17, 15) is 9.59 Å². The third-order valence-electron chi connectivity index (χ3n) is 2.81. The number of hydrogen-bond acceptors (Lipinski definition) is 3. The van der Waals surface area contributed by atoms with Gasteiger partial charge in [-0.1, -0.05) is 6.07 Å². The lowest BCUT2D eigenvalue weighted by Gasteiger charge is -2.12. The lowest BCUT2D eigenvalue weighted by Crippen LogP contribution is -2.18. The van der Waals surface area contributed by atoms with Gasteiger partial charge in [0.05, 0.1) is 7.11 Å². The van der Waals surface area contributed by atoms with Gasteiger partial charge in [0, 0.05) is 29.7 Å². The fraction of sp³-hybridized carbons (Fsp3) is 0.143. The molecule has 5 nitrogen and oxygen atoms in total. The molecule has 0 saturated carbocycles. The standard InChI is InChI=1S/C14H13NO4/c1-9-6-13(16)12(14(17)18)8-15(9)10-4-3-5-11(7-10)19-2/h3-8H,1-2H3,(H,17,18). The minimum atomic E-state index is -1.23. The molecule has 0 aliphatic carbocycles. The number of aryl methyl sites for hydroxylation is 1. The van der Waals surface area contributed by atoms with Crippen LogP contribution in [0.3, 0.4) is 0 Å². The largest absolute Gasteiger partial charge is 0.497 e. The number of nitrogens with zero attached hydrogens (tertiary/aromatic N) is 1. The van der Waals surface area contributed by atoms with Crippen LogP contribution in [0.1, 0.15) is 16.1 Å². The molecule has 2 aromatic rings. The highest BCUT2D eigenvalue weighted by atomic mass is 16.5. The van der Waals surface area contributed by atoms with Crippen LogP contribution in [-0.2, 0) is 0 Å². The predicted octanol–water partition coefficient (Wildman–Crippen LogP) is 1.85. The molecule has 1 aromatic heterocycles. The molecule has 98 valence electrons. The zero-order valence-corrected chi connectivity index (χ0v) is 10.6. The normalized spacial score (nSPS) is 10.2. The van der Waals surface area contributed by atoms with Crippen molar-refractivity contribution in [3.8, 4) is 11.4 Å². The Labute approximate surface area is 109 Å². The molecule has 2 rings (SSSR count). The molecule has 0 bridgehead atoms. The van der Waals surface area contributed by atoms with E-state index in [2.05, 4.69) is 0 Å². The second kappa shape index (κ2) is 4.97. The smallest absolute Gasteiger partial charge is 0.341 e. The second-order valence-corrected chi connectivity index (χ2v) is 4.07. The maximum Gasteiger partial charge on any atom is 0.341 e. The van der Waals surface area contributed by atoms with Crippen molar-refractivity contribution in [2.75, 3.05) is 7.11 Å². The Bertz CT molecular complexity index is 688. The zero-order chi connectivity index (χ0) is 14.0. The van der Waals surface area contributed by atoms with E-state index in [4.69, 9.17) is 9.84 Å². The number of hydrogen-bond donors (Lipinski definition) is 1. The van der Waals surface area contributed by atoms with Crippen LogP contribution >= 0.6 is 0 Å². The van der Waals surface area contributed by atoms with E-state index in [1.54, 1.807) is 36.8 Å². The van der Waals surface area contributed by atoms with E-state index in [1.807, 2.05) is 6.07 Å². The minimum absolute atomic E-state index is 0.256. The average molecular weight is 259 g/mol. The van der Waals surface area contributed by atoms with Crippen molar-refractivity contribution in [2.24, 2.45) is 0 Å². The first-order valence-corrected chi connectivity index (χ1v) is 5.64. The van der Waals surface area contributed by atoms with Gasteiger partial charge in [-0.2, -0.15) is 0 Å². The molecule has 1 N–H and O–H groups in total. The number of carbonyl (C=O) groups is 1. The van der Waals surface area contributed by atoms with Gasteiger partial charge in [0.25, 0.3) is 0 Å². The minimum Gasteiger partial charge on any atom is -0.497 e. The molecule has 5 heteroatoms. The van der Waals surface area contributed by atoms with Crippen LogP contribution in [0.5, 0.6) is 5.75 Å². The van der Waals surface area contributed by atoms with Crippen LogP contribution in [-0.4, -0.2) is 22.8 Å². The molecular weight excluding hydrogens is 246 g/mol. The van der Waals surface area contributed by atoms with Crippen molar-refractivity contribution in [3.63, 3.8) is 0 Å². The Morgan fingerprint density at radius 1 is 1.32 bits per heavy atom. The summed E-state index contributed by atoms with van der Waals surface area (Å²) in [7, 11) is 1.56. The Morgan fingerprint density at radius 2 is 2.05 bits per heavy atom. The van der Waals surface area contributed by atoms with E-state index < -0.39 is 11.4 Å². The van der Waals surface area contributed by atoms with Gasteiger partial charge in [0.15, 0.2) is 5.43 Å². The molecule has 1 aromatic carbocycles. The number of aromatic nitrogens is 1. The molecule has 0 radical (unpaired) electrons. The molecule has 0 amide bonds. The van der Waals surface area contributed by atoms with Crippen LogP contribution < -0.4 is 10.2 Å². The first-order chi connectivity index (χ1) is 9.02. The number of carboxylic acids is 1. The van der Waals surface area contributed by atoms with Gasteiger partial charge in [-0.3, -0.25) is 4.79 Å². The summed E-state index contributed by atoms with van der Waals surface area (Å²) in [4.78, 5) is 22.6. The van der Waals surface area contributed by atoms with Crippen molar-refractivity contribution in [1.82, 2.24) is 4.57 Å². The van der Waals surface area contributed by atoms with E-state index >= 15 is 0 Å². The molecule has 0 spiro atoms. The van der Waals surface area contributed by atoms with Crippen molar-refractivity contribution in [3.05, 3.63) is 58.0 Å². The average Bonchev–Trinajstić information content (AvgIpc) is 2.38. The Balaban J connectivity index is 2.64. The van der Waals surface area contributed by atoms with Gasteiger partial charge >= 0.3 is 5.97 Å². The molecule has 0 aliphatic rings. The molecule has 0 fully saturated rings. The van der Waals surface area contributed by atoms with Gasteiger partial charge in [0.2, 0.25) is 0 Å². The summed E-state index contributed by atoms with van der Waals surface area (Å²) in [5.41, 5.74) is 0.639. The van der Waals surface area contributed by atoms with E-state index in [-0.39, 0.29) is 5.56 Å². The maximum atomic E-state index is 11.6. The maximum absolute atomic E-state index is 11.6. The number of ether oxygens (including phenoxy) is 1. The van der Waals surface area contributed by atoms with E-state index in [1.165, 1.54) is 12.3 Å². The highest BCUT2D eigenvalue weighted by molar-refractivity contribution is 5.87. The van der Waals surface area contributed by atoms with Crippen LogP contribution in [0.15, 0.2) is 41.3 Å². The third kappa shape index (κ3) is 2.49. The molecule has 0 atom stereocenters. The van der Waals surface area contributed by atoms with Crippen molar-refractivity contribution in [2.45, 2.75) is 6.92 Å². The number of carboxylic acid groups (broad SMARTS) is 1. The van der Waals surface area contributed by atoms with Crippen LogP contribution in [0.25, 0.3) is 5.69 Å². The fourth-order valence-electron chi connectivity index (χ4n) is 1.83. The number of rotatable bonds is 3. The fourth-order valence-corrected chi connectivity index (χ4v) is 1.83. The van der Waals surface area contributed by atoms with E-state index in [0.717, 1.165) is 5.69 Å². The van der Waals surface area contributed by atoms with Gasteiger partial charge in [0.1, 0.15) is 11.3 Å². The van der Waals surface area contributed by atoms with Gasteiger partial charge < -0.3 is 14.4 Å². The number of pyridine rings is 1. The van der Waals surface area contributed by atoms with Crippen LogP contribution in [0.4, 0.5) is 0 Å². The van der Waals surface area contributed by atoms with Gasteiger partial charge in [-0.15, -0.1) is 0 Å². The number of methoxy groups -OCH3 is 1. The lowest BCUT2D eigenvalue weighted by atomic mass is 10.2.